The standard InChI is InChI=1S/C21H24ClF3N2O3/c1-20(2,3)30-19(28)27(4)12-14-11-15(23)17(26-18(14)29-5)21(24,25)16(22)13-9-7-6-8-10-13/h6-11,16H,12H2,1-5H3. The van der Waals surface area contributed by atoms with Crippen LogP contribution >= 0.6 is 11.6 Å². The van der Waals surface area contributed by atoms with Gasteiger partial charge in [-0.05, 0) is 32.4 Å². The summed E-state index contributed by atoms with van der Waals surface area (Å²) in [5.41, 5.74) is -1.63. The summed E-state index contributed by atoms with van der Waals surface area (Å²) < 4.78 is 54.9. The summed E-state index contributed by atoms with van der Waals surface area (Å²) in [5, 5.41) is -1.83. The van der Waals surface area contributed by atoms with E-state index in [1.165, 1.54) is 26.3 Å². The minimum atomic E-state index is -3.81. The van der Waals surface area contributed by atoms with Crippen molar-refractivity contribution in [2.24, 2.45) is 0 Å². The molecule has 0 spiro atoms. The zero-order valence-electron chi connectivity index (χ0n) is 17.4. The number of hydrogen-bond acceptors (Lipinski definition) is 4. The SMILES string of the molecule is COc1nc(C(F)(F)C(Cl)c2ccccc2)c(F)cc1CN(C)C(=O)OC(C)(C)C. The predicted octanol–water partition coefficient (Wildman–Crippen LogP) is 5.67. The summed E-state index contributed by atoms with van der Waals surface area (Å²) in [4.78, 5) is 17.0. The summed E-state index contributed by atoms with van der Waals surface area (Å²) in [7, 11) is 2.65. The molecule has 0 aliphatic heterocycles. The van der Waals surface area contributed by atoms with Gasteiger partial charge in [0.15, 0.2) is 11.5 Å². The van der Waals surface area contributed by atoms with Gasteiger partial charge in [0.05, 0.1) is 13.7 Å². The molecule has 9 heteroatoms. The number of amides is 1. The number of alkyl halides is 3. The van der Waals surface area contributed by atoms with Crippen LogP contribution in [0.3, 0.4) is 0 Å². The number of pyridine rings is 1. The molecule has 0 bridgehead atoms. The average Bonchev–Trinajstić information content (AvgIpc) is 2.66. The first-order valence-corrected chi connectivity index (χ1v) is 9.55. The second-order valence-electron chi connectivity index (χ2n) is 7.72. The van der Waals surface area contributed by atoms with Gasteiger partial charge in [-0.2, -0.15) is 8.78 Å². The fourth-order valence-corrected chi connectivity index (χ4v) is 2.89. The first-order chi connectivity index (χ1) is 13.9. The van der Waals surface area contributed by atoms with Gasteiger partial charge in [-0.25, -0.2) is 14.2 Å². The van der Waals surface area contributed by atoms with Gasteiger partial charge in [0.1, 0.15) is 11.0 Å². The molecular formula is C21H24ClF3N2O3. The molecule has 1 aromatic carbocycles. The highest BCUT2D eigenvalue weighted by molar-refractivity contribution is 6.21. The number of carbonyl (C=O) groups excluding carboxylic acids is 1. The highest BCUT2D eigenvalue weighted by Crippen LogP contribution is 2.45. The van der Waals surface area contributed by atoms with Gasteiger partial charge in [-0.3, -0.25) is 0 Å². The van der Waals surface area contributed by atoms with Gasteiger partial charge in [0, 0.05) is 12.6 Å². The van der Waals surface area contributed by atoms with Crippen LogP contribution in [0.2, 0.25) is 0 Å². The molecule has 0 fully saturated rings. The van der Waals surface area contributed by atoms with Crippen molar-refractivity contribution in [2.45, 2.75) is 44.2 Å². The number of rotatable bonds is 6. The van der Waals surface area contributed by atoms with Crippen molar-refractivity contribution in [3.05, 3.63) is 59.0 Å². The van der Waals surface area contributed by atoms with E-state index in [1.54, 1.807) is 39.0 Å². The van der Waals surface area contributed by atoms with E-state index in [0.717, 1.165) is 11.0 Å². The topological polar surface area (TPSA) is 51.7 Å². The molecule has 2 rings (SSSR count). The third kappa shape index (κ3) is 5.56. The Kier molecular flexibility index (Phi) is 7.23. The van der Waals surface area contributed by atoms with Crippen molar-refractivity contribution < 1.29 is 27.4 Å². The number of aromatic nitrogens is 1. The van der Waals surface area contributed by atoms with Crippen molar-refractivity contribution in [3.8, 4) is 5.88 Å². The zero-order valence-corrected chi connectivity index (χ0v) is 18.1. The van der Waals surface area contributed by atoms with E-state index in [1.807, 2.05) is 0 Å². The van der Waals surface area contributed by atoms with E-state index < -0.39 is 34.5 Å². The van der Waals surface area contributed by atoms with Crippen molar-refractivity contribution in [3.63, 3.8) is 0 Å². The van der Waals surface area contributed by atoms with E-state index >= 15 is 0 Å². The molecule has 5 nitrogen and oxygen atoms in total. The molecule has 1 unspecified atom stereocenters. The normalized spacial score (nSPS) is 13.0. The summed E-state index contributed by atoms with van der Waals surface area (Å²) in [6, 6.07) is 8.48. The molecule has 1 amide bonds. The van der Waals surface area contributed by atoms with E-state index in [9.17, 15) is 18.0 Å². The smallest absolute Gasteiger partial charge is 0.410 e. The largest absolute Gasteiger partial charge is 0.481 e. The van der Waals surface area contributed by atoms with Crippen LogP contribution in [0.4, 0.5) is 18.0 Å². The van der Waals surface area contributed by atoms with Gasteiger partial charge in [0.25, 0.3) is 0 Å². The zero-order chi connectivity index (χ0) is 22.7. The first kappa shape index (κ1) is 23.8. The number of benzene rings is 1. The van der Waals surface area contributed by atoms with Crippen LogP contribution in [0.1, 0.15) is 43.0 Å². The molecular weight excluding hydrogens is 421 g/mol. The number of ether oxygens (including phenoxy) is 2. The summed E-state index contributed by atoms with van der Waals surface area (Å²) >= 11 is 5.96. The minimum absolute atomic E-state index is 0.105. The van der Waals surface area contributed by atoms with Crippen LogP contribution < -0.4 is 4.74 Å². The molecule has 0 aliphatic carbocycles. The Bertz CT molecular complexity index is 889. The van der Waals surface area contributed by atoms with Gasteiger partial charge in [-0.1, -0.05) is 30.3 Å². The molecule has 0 saturated carbocycles. The lowest BCUT2D eigenvalue weighted by Gasteiger charge is -2.26. The summed E-state index contributed by atoms with van der Waals surface area (Å²) in [6.07, 6.45) is -0.663. The monoisotopic (exact) mass is 444 g/mol. The number of halogens is 4. The number of hydrogen-bond donors (Lipinski definition) is 0. The Morgan fingerprint density at radius 1 is 1.23 bits per heavy atom. The van der Waals surface area contributed by atoms with Crippen molar-refractivity contribution in [1.82, 2.24) is 9.88 Å². The predicted molar refractivity (Wildman–Crippen MR) is 107 cm³/mol. The Labute approximate surface area is 178 Å². The maximum atomic E-state index is 14.9. The van der Waals surface area contributed by atoms with E-state index in [2.05, 4.69) is 4.98 Å². The van der Waals surface area contributed by atoms with Crippen LogP contribution in [0.15, 0.2) is 36.4 Å². The summed E-state index contributed by atoms with van der Waals surface area (Å²) in [6.45, 7) is 4.95. The molecule has 0 aliphatic rings. The van der Waals surface area contributed by atoms with Crippen molar-refractivity contribution in [1.29, 1.82) is 0 Å². The Morgan fingerprint density at radius 3 is 2.37 bits per heavy atom. The average molecular weight is 445 g/mol. The van der Waals surface area contributed by atoms with Crippen LogP contribution in [0.5, 0.6) is 5.88 Å². The lowest BCUT2D eigenvalue weighted by atomic mass is 10.0. The second kappa shape index (κ2) is 9.12. The first-order valence-electron chi connectivity index (χ1n) is 9.11. The quantitative estimate of drug-likeness (QED) is 0.539. The second-order valence-corrected chi connectivity index (χ2v) is 8.16. The molecule has 164 valence electrons. The Hall–Kier alpha value is -2.48. The molecule has 0 radical (unpaired) electrons. The third-order valence-electron chi connectivity index (χ3n) is 4.05. The molecule has 1 heterocycles. The van der Waals surface area contributed by atoms with Gasteiger partial charge < -0.3 is 14.4 Å². The van der Waals surface area contributed by atoms with Gasteiger partial charge in [-0.15, -0.1) is 11.6 Å². The number of nitrogens with zero attached hydrogens (tertiary/aromatic N) is 2. The maximum Gasteiger partial charge on any atom is 0.410 e. The fraction of sp³-hybridized carbons (Fsp3) is 0.429. The van der Waals surface area contributed by atoms with Crippen molar-refractivity contribution >= 4 is 17.7 Å². The molecule has 0 saturated heterocycles. The summed E-state index contributed by atoms with van der Waals surface area (Å²) in [5.74, 6) is -5.30. The van der Waals surface area contributed by atoms with Gasteiger partial charge in [0.2, 0.25) is 5.88 Å². The third-order valence-corrected chi connectivity index (χ3v) is 4.57. The lowest BCUT2D eigenvalue weighted by Crippen LogP contribution is -2.34. The Morgan fingerprint density at radius 2 is 1.83 bits per heavy atom. The van der Waals surface area contributed by atoms with E-state index in [-0.39, 0.29) is 23.6 Å². The van der Waals surface area contributed by atoms with Crippen LogP contribution in [0.25, 0.3) is 0 Å². The number of carbonyl (C=O) groups is 1. The molecule has 1 atom stereocenters. The van der Waals surface area contributed by atoms with Crippen LogP contribution in [0, 0.1) is 5.82 Å². The highest BCUT2D eigenvalue weighted by Gasteiger charge is 2.45. The van der Waals surface area contributed by atoms with E-state index in [0.29, 0.717) is 0 Å². The molecule has 1 aromatic heterocycles. The number of methoxy groups -OCH3 is 1. The fourth-order valence-electron chi connectivity index (χ4n) is 2.64. The van der Waals surface area contributed by atoms with Crippen molar-refractivity contribution in [2.75, 3.05) is 14.2 Å². The van der Waals surface area contributed by atoms with Crippen LogP contribution in [-0.2, 0) is 17.2 Å². The lowest BCUT2D eigenvalue weighted by molar-refractivity contribution is -0.0183. The Balaban J connectivity index is 2.34. The minimum Gasteiger partial charge on any atom is -0.481 e. The van der Waals surface area contributed by atoms with Gasteiger partial charge >= 0.3 is 12.0 Å². The molecule has 30 heavy (non-hydrogen) atoms. The maximum absolute atomic E-state index is 14.9. The highest BCUT2D eigenvalue weighted by atomic mass is 35.5. The van der Waals surface area contributed by atoms with E-state index in [4.69, 9.17) is 21.1 Å². The molecule has 2 aromatic rings. The molecule has 0 N–H and O–H groups in total. The van der Waals surface area contributed by atoms with Crippen LogP contribution in [-0.4, -0.2) is 35.7 Å².